The summed E-state index contributed by atoms with van der Waals surface area (Å²) in [6.07, 6.45) is 1.96. The van der Waals surface area contributed by atoms with Crippen LogP contribution >= 0.6 is 19.2 Å². The Hall–Kier alpha value is -1.02. The lowest BCUT2D eigenvalue weighted by Gasteiger charge is -2.38. The molecule has 0 aromatic heterocycles. The fourth-order valence-electron chi connectivity index (χ4n) is 2.48. The Morgan fingerprint density at radius 2 is 1.78 bits per heavy atom. The van der Waals surface area contributed by atoms with E-state index in [0.29, 0.717) is 0 Å². The first-order chi connectivity index (χ1) is 10.6. The maximum Gasteiger partial charge on any atom is 0.359 e. The number of hydrogen-bond acceptors (Lipinski definition) is 6. The number of fused-ring (bicyclic) bond motifs is 1. The van der Waals surface area contributed by atoms with Gasteiger partial charge in [-0.3, -0.25) is 9.36 Å². The number of halogens is 1. The molecule has 7 nitrogen and oxygen atoms in total. The first kappa shape index (κ1) is 18.3. The lowest BCUT2D eigenvalue weighted by atomic mass is 9.92. The zero-order valence-corrected chi connectivity index (χ0v) is 15.0. The second-order valence-electron chi connectivity index (χ2n) is 4.87. The molecule has 0 heterocycles. The van der Waals surface area contributed by atoms with Gasteiger partial charge in [0, 0.05) is 25.3 Å². The second kappa shape index (κ2) is 6.12. The highest BCUT2D eigenvalue weighted by Gasteiger charge is 2.55. The normalized spacial score (nSPS) is 21.7. The lowest BCUT2D eigenvalue weighted by Crippen LogP contribution is -2.47. The predicted molar refractivity (Wildman–Crippen MR) is 86.0 cm³/mol. The van der Waals surface area contributed by atoms with Gasteiger partial charge in [0.15, 0.2) is 5.28 Å². The van der Waals surface area contributed by atoms with Crippen molar-refractivity contribution in [3.8, 4) is 0 Å². The monoisotopic (exact) mass is 379 g/mol. The van der Waals surface area contributed by atoms with Gasteiger partial charge in [-0.2, -0.15) is 4.72 Å². The van der Waals surface area contributed by atoms with Crippen LogP contribution < -0.4 is 4.72 Å². The van der Waals surface area contributed by atoms with Crippen molar-refractivity contribution in [2.24, 2.45) is 0 Å². The molecule has 1 aliphatic carbocycles. The fourth-order valence-corrected chi connectivity index (χ4v) is 6.00. The Balaban J connectivity index is 2.92. The minimum Gasteiger partial charge on any atom is -0.310 e. The third-order valence-corrected chi connectivity index (χ3v) is 6.82. The first-order valence-corrected chi connectivity index (χ1v) is 10.1. The van der Waals surface area contributed by atoms with Crippen molar-refractivity contribution < 1.29 is 26.8 Å². The summed E-state index contributed by atoms with van der Waals surface area (Å²) in [4.78, 5) is 12.2. The van der Waals surface area contributed by atoms with Gasteiger partial charge in [0.25, 0.3) is 0 Å². The van der Waals surface area contributed by atoms with Crippen LogP contribution in [0.15, 0.2) is 35.4 Å². The quantitative estimate of drug-likeness (QED) is 0.787. The van der Waals surface area contributed by atoms with E-state index in [0.717, 1.165) is 26.6 Å². The molecule has 0 aliphatic heterocycles. The van der Waals surface area contributed by atoms with Crippen LogP contribution in [0.1, 0.15) is 15.9 Å². The zero-order valence-electron chi connectivity index (χ0n) is 12.6. The number of carbonyl (C=O) groups is 1. The Morgan fingerprint density at radius 1 is 1.22 bits per heavy atom. The third-order valence-electron chi connectivity index (χ3n) is 3.39. The molecule has 1 unspecified atom stereocenters. The smallest absolute Gasteiger partial charge is 0.310 e. The molecule has 1 aromatic carbocycles. The van der Waals surface area contributed by atoms with E-state index in [1.165, 1.54) is 12.1 Å². The van der Waals surface area contributed by atoms with Crippen LogP contribution in [0.5, 0.6) is 0 Å². The van der Waals surface area contributed by atoms with Crippen LogP contribution in [0.4, 0.5) is 0 Å². The van der Waals surface area contributed by atoms with Gasteiger partial charge in [0.1, 0.15) is 0 Å². The topological polar surface area (TPSA) is 98.8 Å². The van der Waals surface area contributed by atoms with E-state index < -0.39 is 28.7 Å². The standard InChI is InChI=1S/C13H15ClNO6PS/c1-20-22(17,21-2)13(15-23(3,18)19)8-11(14)12(16)9-6-4-5-7-10(9)13/h4-8,15H,1-3H3. The summed E-state index contributed by atoms with van der Waals surface area (Å²) in [7, 11) is -5.71. The van der Waals surface area contributed by atoms with E-state index in [1.807, 2.05) is 0 Å². The lowest BCUT2D eigenvalue weighted by molar-refractivity contribution is 0.103. The summed E-state index contributed by atoms with van der Waals surface area (Å²) in [5, 5.41) is -2.22. The molecule has 0 radical (unpaired) electrons. The van der Waals surface area contributed by atoms with Gasteiger partial charge in [0.2, 0.25) is 15.8 Å². The molecular formula is C13H15ClNO6PS. The van der Waals surface area contributed by atoms with Gasteiger partial charge in [-0.15, -0.1) is 0 Å². The number of ketones is 1. The Bertz CT molecular complexity index is 829. The maximum absolute atomic E-state index is 13.1. The number of hydrogen-bond donors (Lipinski definition) is 1. The number of sulfonamides is 1. The number of Topliss-reactive ketones (excluding diaryl/α,β-unsaturated/α-hetero) is 1. The average Bonchev–Trinajstić information content (AvgIpc) is 2.50. The van der Waals surface area contributed by atoms with E-state index in [9.17, 15) is 17.8 Å². The van der Waals surface area contributed by atoms with E-state index in [2.05, 4.69) is 4.72 Å². The molecule has 1 N–H and O–H groups in total. The van der Waals surface area contributed by atoms with Gasteiger partial charge in [-0.05, 0) is 6.08 Å². The van der Waals surface area contributed by atoms with Gasteiger partial charge >= 0.3 is 7.60 Å². The molecule has 126 valence electrons. The molecule has 0 fully saturated rings. The highest BCUT2D eigenvalue weighted by Crippen LogP contribution is 2.65. The maximum atomic E-state index is 13.1. The van der Waals surface area contributed by atoms with Crippen LogP contribution in [0.3, 0.4) is 0 Å². The van der Waals surface area contributed by atoms with Gasteiger partial charge in [-0.1, -0.05) is 35.9 Å². The number of allylic oxidation sites excluding steroid dienone is 1. The molecule has 1 atom stereocenters. The van der Waals surface area contributed by atoms with Crippen LogP contribution in [0.25, 0.3) is 0 Å². The summed E-state index contributed by atoms with van der Waals surface area (Å²) in [5.41, 5.74) is 0.261. The number of carbonyl (C=O) groups excluding carboxylic acids is 1. The Labute approximate surface area is 139 Å². The molecule has 0 saturated carbocycles. The SMILES string of the molecule is COP(=O)(OC)C1(NS(C)(=O)=O)C=C(Cl)C(=O)c2ccccc21. The van der Waals surface area contributed by atoms with Crippen molar-refractivity contribution >= 4 is 35.0 Å². The van der Waals surface area contributed by atoms with E-state index >= 15 is 0 Å². The van der Waals surface area contributed by atoms with Crippen LogP contribution in [-0.2, 0) is 28.9 Å². The Kier molecular flexibility index (Phi) is 4.88. The Morgan fingerprint density at radius 3 is 2.30 bits per heavy atom. The summed E-state index contributed by atoms with van der Waals surface area (Å²) in [6.45, 7) is 0. The van der Waals surface area contributed by atoms with Gasteiger partial charge in [-0.25, -0.2) is 8.42 Å². The van der Waals surface area contributed by atoms with Crippen molar-refractivity contribution in [1.29, 1.82) is 0 Å². The number of nitrogens with one attached hydrogen (secondary N) is 1. The van der Waals surface area contributed by atoms with Crippen LogP contribution in [-0.4, -0.2) is 34.7 Å². The largest absolute Gasteiger partial charge is 0.359 e. The molecule has 0 bridgehead atoms. The molecule has 0 spiro atoms. The summed E-state index contributed by atoms with van der Waals surface area (Å²) in [6, 6.07) is 6.09. The molecule has 23 heavy (non-hydrogen) atoms. The van der Waals surface area contributed by atoms with Crippen LogP contribution in [0, 0.1) is 0 Å². The number of benzene rings is 1. The fraction of sp³-hybridized carbons (Fsp3) is 0.308. The predicted octanol–water partition coefficient (Wildman–Crippen LogP) is 2.19. The van der Waals surface area contributed by atoms with Gasteiger partial charge < -0.3 is 9.05 Å². The highest BCUT2D eigenvalue weighted by molar-refractivity contribution is 7.89. The molecule has 0 saturated heterocycles. The minimum absolute atomic E-state index is 0.116. The third kappa shape index (κ3) is 3.03. The summed E-state index contributed by atoms with van der Waals surface area (Å²) >= 11 is 5.97. The van der Waals surface area contributed by atoms with Gasteiger partial charge in [0.05, 0.1) is 11.3 Å². The van der Waals surface area contributed by atoms with Crippen molar-refractivity contribution in [2.75, 3.05) is 20.5 Å². The van der Waals surface area contributed by atoms with E-state index in [-0.39, 0.29) is 16.2 Å². The van der Waals surface area contributed by atoms with Crippen LogP contribution in [0.2, 0.25) is 0 Å². The van der Waals surface area contributed by atoms with E-state index in [1.54, 1.807) is 12.1 Å². The van der Waals surface area contributed by atoms with Crippen molar-refractivity contribution in [3.63, 3.8) is 0 Å². The summed E-state index contributed by atoms with van der Waals surface area (Å²) < 4.78 is 49.2. The molecule has 1 aliphatic rings. The number of rotatable bonds is 5. The molecular weight excluding hydrogens is 365 g/mol. The molecule has 1 aromatic rings. The highest BCUT2D eigenvalue weighted by atomic mass is 35.5. The molecule has 2 rings (SSSR count). The van der Waals surface area contributed by atoms with Crippen molar-refractivity contribution in [3.05, 3.63) is 46.5 Å². The second-order valence-corrected chi connectivity index (χ2v) is 9.46. The van der Waals surface area contributed by atoms with Crippen molar-refractivity contribution in [1.82, 2.24) is 4.72 Å². The minimum atomic E-state index is -4.08. The van der Waals surface area contributed by atoms with E-state index in [4.69, 9.17) is 20.6 Å². The average molecular weight is 380 g/mol. The molecule has 10 heteroatoms. The first-order valence-electron chi connectivity index (χ1n) is 6.33. The summed E-state index contributed by atoms with van der Waals surface area (Å²) in [5.74, 6) is -0.507. The van der Waals surface area contributed by atoms with Crippen molar-refractivity contribution in [2.45, 2.75) is 5.28 Å². The molecule has 0 amide bonds. The zero-order chi connectivity index (χ0) is 17.5.